The van der Waals surface area contributed by atoms with Crippen molar-refractivity contribution in [2.24, 2.45) is 11.8 Å². The molecule has 0 aliphatic heterocycles. The van der Waals surface area contributed by atoms with Crippen LogP contribution in [0, 0.1) is 23.5 Å². The summed E-state index contributed by atoms with van der Waals surface area (Å²) in [6.07, 6.45) is 4.87. The van der Waals surface area contributed by atoms with Crippen LogP contribution in [0.25, 0.3) is 0 Å². The fourth-order valence-corrected chi connectivity index (χ4v) is 3.21. The van der Waals surface area contributed by atoms with Crippen LogP contribution in [-0.2, 0) is 6.42 Å². The van der Waals surface area contributed by atoms with Crippen molar-refractivity contribution in [3.05, 3.63) is 35.4 Å². The lowest BCUT2D eigenvalue weighted by atomic mass is 9.77. The zero-order chi connectivity index (χ0) is 13.1. The molecule has 1 aliphatic rings. The Morgan fingerprint density at radius 1 is 1.28 bits per heavy atom. The van der Waals surface area contributed by atoms with E-state index < -0.39 is 11.6 Å². The first-order chi connectivity index (χ1) is 8.61. The second-order valence-electron chi connectivity index (χ2n) is 5.28. The summed E-state index contributed by atoms with van der Waals surface area (Å²) in [7, 11) is 0. The van der Waals surface area contributed by atoms with Gasteiger partial charge in [0.15, 0.2) is 11.6 Å². The monoisotopic (exact) mass is 272 g/mol. The summed E-state index contributed by atoms with van der Waals surface area (Å²) in [6.45, 7) is 2.18. The Morgan fingerprint density at radius 3 is 2.78 bits per heavy atom. The van der Waals surface area contributed by atoms with Gasteiger partial charge in [-0.2, -0.15) is 0 Å². The molecule has 0 amide bonds. The van der Waals surface area contributed by atoms with Crippen LogP contribution in [0.1, 0.15) is 38.2 Å². The van der Waals surface area contributed by atoms with Crippen LogP contribution in [0.4, 0.5) is 8.78 Å². The van der Waals surface area contributed by atoms with E-state index in [0.717, 1.165) is 31.7 Å². The van der Waals surface area contributed by atoms with Gasteiger partial charge in [0, 0.05) is 5.38 Å². The van der Waals surface area contributed by atoms with Gasteiger partial charge in [-0.15, -0.1) is 11.6 Å². The summed E-state index contributed by atoms with van der Waals surface area (Å²) < 4.78 is 26.8. The highest BCUT2D eigenvalue weighted by Crippen LogP contribution is 2.36. The Kier molecular flexibility index (Phi) is 4.60. The minimum atomic E-state index is -0.763. The van der Waals surface area contributed by atoms with Gasteiger partial charge in [-0.05, 0) is 49.1 Å². The molecule has 100 valence electrons. The van der Waals surface area contributed by atoms with Gasteiger partial charge in [0.05, 0.1) is 0 Å². The molecule has 0 spiro atoms. The third-order valence-corrected chi connectivity index (χ3v) is 4.66. The van der Waals surface area contributed by atoms with Gasteiger partial charge in [-0.3, -0.25) is 0 Å². The van der Waals surface area contributed by atoms with Gasteiger partial charge in [-0.1, -0.05) is 25.5 Å². The summed E-state index contributed by atoms with van der Waals surface area (Å²) in [4.78, 5) is 0. The molecular weight excluding hydrogens is 254 g/mol. The molecule has 1 saturated carbocycles. The second-order valence-corrected chi connectivity index (χ2v) is 5.84. The molecule has 1 aromatic rings. The molecule has 1 aromatic carbocycles. The predicted octanol–water partition coefficient (Wildman–Crippen LogP) is 4.94. The predicted molar refractivity (Wildman–Crippen MR) is 70.8 cm³/mol. The summed E-state index contributed by atoms with van der Waals surface area (Å²) in [5.74, 6) is -0.523. The van der Waals surface area contributed by atoms with Gasteiger partial charge in [-0.25, -0.2) is 8.78 Å². The van der Waals surface area contributed by atoms with Crippen LogP contribution in [0.2, 0.25) is 0 Å². The Morgan fingerprint density at radius 2 is 2.06 bits per heavy atom. The fraction of sp³-hybridized carbons (Fsp3) is 0.600. The van der Waals surface area contributed by atoms with Crippen molar-refractivity contribution < 1.29 is 8.78 Å². The quantitative estimate of drug-likeness (QED) is 0.684. The summed E-state index contributed by atoms with van der Waals surface area (Å²) in [6, 6.07) is 4.39. The normalized spacial score (nSPS) is 28.3. The zero-order valence-electron chi connectivity index (χ0n) is 10.6. The van der Waals surface area contributed by atoms with Crippen molar-refractivity contribution in [3.63, 3.8) is 0 Å². The van der Waals surface area contributed by atoms with Crippen molar-refractivity contribution in [2.75, 3.05) is 0 Å². The Labute approximate surface area is 112 Å². The van der Waals surface area contributed by atoms with E-state index in [1.165, 1.54) is 0 Å². The lowest BCUT2D eigenvalue weighted by Crippen LogP contribution is -2.27. The van der Waals surface area contributed by atoms with Crippen molar-refractivity contribution >= 4 is 11.6 Å². The molecule has 0 heterocycles. The van der Waals surface area contributed by atoms with E-state index in [1.54, 1.807) is 12.1 Å². The summed E-state index contributed by atoms with van der Waals surface area (Å²) in [5, 5.41) is 0.0930. The Hall–Kier alpha value is -0.630. The molecule has 2 rings (SSSR count). The summed E-state index contributed by atoms with van der Waals surface area (Å²) in [5.41, 5.74) is 0.461. The maximum atomic E-state index is 13.6. The van der Waals surface area contributed by atoms with Crippen molar-refractivity contribution in [1.82, 2.24) is 0 Å². The minimum absolute atomic E-state index is 0.0930. The maximum absolute atomic E-state index is 13.6. The molecule has 18 heavy (non-hydrogen) atoms. The molecule has 1 aliphatic carbocycles. The molecule has 1 fully saturated rings. The SMILES string of the molecule is CCC1CCC(Cl)C(Cc2cccc(F)c2F)C1. The molecule has 0 bridgehead atoms. The fourth-order valence-electron chi connectivity index (χ4n) is 2.89. The van der Waals surface area contributed by atoms with E-state index in [-0.39, 0.29) is 11.3 Å². The number of rotatable bonds is 3. The molecule has 0 nitrogen and oxygen atoms in total. The molecular formula is C15H19ClF2. The highest BCUT2D eigenvalue weighted by molar-refractivity contribution is 6.20. The smallest absolute Gasteiger partial charge is 0.162 e. The first-order valence-corrected chi connectivity index (χ1v) is 7.12. The maximum Gasteiger partial charge on any atom is 0.162 e. The van der Waals surface area contributed by atoms with Crippen molar-refractivity contribution in [3.8, 4) is 0 Å². The van der Waals surface area contributed by atoms with Gasteiger partial charge < -0.3 is 0 Å². The molecule has 3 heteroatoms. The zero-order valence-corrected chi connectivity index (χ0v) is 11.4. The second kappa shape index (κ2) is 6.01. The number of hydrogen-bond donors (Lipinski definition) is 0. The molecule has 0 radical (unpaired) electrons. The Bertz CT molecular complexity index is 405. The van der Waals surface area contributed by atoms with E-state index in [9.17, 15) is 8.78 Å². The van der Waals surface area contributed by atoms with E-state index in [1.807, 2.05) is 0 Å². The van der Waals surface area contributed by atoms with Crippen LogP contribution >= 0.6 is 11.6 Å². The average Bonchev–Trinajstić information content (AvgIpc) is 2.37. The van der Waals surface area contributed by atoms with Crippen LogP contribution in [0.15, 0.2) is 18.2 Å². The van der Waals surface area contributed by atoms with Gasteiger partial charge in [0.1, 0.15) is 0 Å². The number of hydrogen-bond acceptors (Lipinski definition) is 0. The molecule has 3 atom stereocenters. The molecule has 0 saturated heterocycles. The first-order valence-electron chi connectivity index (χ1n) is 6.68. The van der Waals surface area contributed by atoms with Gasteiger partial charge >= 0.3 is 0 Å². The first kappa shape index (κ1) is 13.8. The van der Waals surface area contributed by atoms with Gasteiger partial charge in [0.2, 0.25) is 0 Å². The van der Waals surface area contributed by atoms with Crippen LogP contribution in [-0.4, -0.2) is 5.38 Å². The minimum Gasteiger partial charge on any atom is -0.204 e. The lowest BCUT2D eigenvalue weighted by molar-refractivity contribution is 0.263. The number of benzene rings is 1. The van der Waals surface area contributed by atoms with Crippen LogP contribution in [0.5, 0.6) is 0 Å². The third kappa shape index (κ3) is 3.03. The standard InChI is InChI=1S/C15H19ClF2/c1-2-10-6-7-13(16)12(8-10)9-11-4-3-5-14(17)15(11)18/h3-5,10,12-13H,2,6-9H2,1H3. The molecule has 0 N–H and O–H groups in total. The van der Waals surface area contributed by atoms with E-state index in [4.69, 9.17) is 11.6 Å². The summed E-state index contributed by atoms with van der Waals surface area (Å²) >= 11 is 6.33. The number of halogens is 3. The highest BCUT2D eigenvalue weighted by Gasteiger charge is 2.29. The van der Waals surface area contributed by atoms with E-state index in [2.05, 4.69) is 6.92 Å². The lowest BCUT2D eigenvalue weighted by Gasteiger charge is -2.32. The molecule has 3 unspecified atom stereocenters. The van der Waals surface area contributed by atoms with Crippen LogP contribution in [0.3, 0.4) is 0 Å². The topological polar surface area (TPSA) is 0 Å². The van der Waals surface area contributed by atoms with E-state index >= 15 is 0 Å². The van der Waals surface area contributed by atoms with Gasteiger partial charge in [0.25, 0.3) is 0 Å². The number of alkyl halides is 1. The van der Waals surface area contributed by atoms with Crippen molar-refractivity contribution in [1.29, 1.82) is 0 Å². The Balaban J connectivity index is 2.09. The van der Waals surface area contributed by atoms with E-state index in [0.29, 0.717) is 17.9 Å². The van der Waals surface area contributed by atoms with Crippen molar-refractivity contribution in [2.45, 2.75) is 44.4 Å². The highest BCUT2D eigenvalue weighted by atomic mass is 35.5. The van der Waals surface area contributed by atoms with Crippen LogP contribution < -0.4 is 0 Å². The molecule has 0 aromatic heterocycles. The third-order valence-electron chi connectivity index (χ3n) is 4.09. The largest absolute Gasteiger partial charge is 0.204 e. The average molecular weight is 273 g/mol.